The number of rotatable bonds is 6. The number of amides is 2. The van der Waals surface area contributed by atoms with Crippen LogP contribution in [-0.2, 0) is 6.54 Å². The van der Waals surface area contributed by atoms with Crippen LogP contribution in [0.1, 0.15) is 25.8 Å². The number of carbonyl (C=O) groups is 1. The van der Waals surface area contributed by atoms with Crippen LogP contribution in [0.2, 0.25) is 5.02 Å². The molecule has 1 aromatic heterocycles. The van der Waals surface area contributed by atoms with Crippen LogP contribution in [0.15, 0.2) is 36.7 Å². The molecular formula is C16H21ClN4O. The van der Waals surface area contributed by atoms with Crippen molar-refractivity contribution in [2.45, 2.75) is 26.8 Å². The highest BCUT2D eigenvalue weighted by molar-refractivity contribution is 6.30. The second-order valence-corrected chi connectivity index (χ2v) is 6.00. The van der Waals surface area contributed by atoms with Crippen LogP contribution < -0.4 is 10.6 Å². The molecule has 22 heavy (non-hydrogen) atoms. The SMILES string of the molecule is CC(C)CCNC(=O)NCc1cnn(-c2ccc(Cl)cc2)c1. The molecule has 0 fully saturated rings. The lowest BCUT2D eigenvalue weighted by Crippen LogP contribution is -2.35. The quantitative estimate of drug-likeness (QED) is 0.857. The van der Waals surface area contributed by atoms with Crippen LogP contribution in [0.4, 0.5) is 4.79 Å². The van der Waals surface area contributed by atoms with E-state index in [9.17, 15) is 4.79 Å². The van der Waals surface area contributed by atoms with Crippen molar-refractivity contribution in [1.29, 1.82) is 0 Å². The largest absolute Gasteiger partial charge is 0.338 e. The third-order valence-electron chi connectivity index (χ3n) is 3.19. The van der Waals surface area contributed by atoms with E-state index in [0.29, 0.717) is 24.0 Å². The van der Waals surface area contributed by atoms with Gasteiger partial charge in [-0.3, -0.25) is 0 Å². The van der Waals surface area contributed by atoms with Crippen molar-refractivity contribution >= 4 is 17.6 Å². The zero-order valence-corrected chi connectivity index (χ0v) is 13.6. The Bertz CT molecular complexity index is 607. The summed E-state index contributed by atoms with van der Waals surface area (Å²) < 4.78 is 1.75. The molecule has 5 nitrogen and oxygen atoms in total. The van der Waals surface area contributed by atoms with Gasteiger partial charge in [-0.25, -0.2) is 9.48 Å². The summed E-state index contributed by atoms with van der Waals surface area (Å²) in [5.41, 5.74) is 1.87. The molecule has 2 N–H and O–H groups in total. The Balaban J connectivity index is 1.82. The summed E-state index contributed by atoms with van der Waals surface area (Å²) in [6.45, 7) is 5.39. The molecular weight excluding hydrogens is 300 g/mol. The van der Waals surface area contributed by atoms with Gasteiger partial charge in [0.2, 0.25) is 0 Å². The zero-order valence-electron chi connectivity index (χ0n) is 12.8. The van der Waals surface area contributed by atoms with E-state index in [1.54, 1.807) is 10.9 Å². The highest BCUT2D eigenvalue weighted by atomic mass is 35.5. The fourth-order valence-corrected chi connectivity index (χ4v) is 2.03. The molecule has 0 atom stereocenters. The van der Waals surface area contributed by atoms with Crippen molar-refractivity contribution < 1.29 is 4.79 Å². The summed E-state index contributed by atoms with van der Waals surface area (Å²) in [5, 5.41) is 10.6. The maximum Gasteiger partial charge on any atom is 0.315 e. The van der Waals surface area contributed by atoms with Gasteiger partial charge in [0.05, 0.1) is 11.9 Å². The van der Waals surface area contributed by atoms with Crippen molar-refractivity contribution in [2.75, 3.05) is 6.54 Å². The highest BCUT2D eigenvalue weighted by Crippen LogP contribution is 2.13. The minimum absolute atomic E-state index is 0.153. The van der Waals surface area contributed by atoms with Crippen LogP contribution >= 0.6 is 11.6 Å². The van der Waals surface area contributed by atoms with Gasteiger partial charge < -0.3 is 10.6 Å². The van der Waals surface area contributed by atoms with E-state index in [4.69, 9.17) is 11.6 Å². The second kappa shape index (κ2) is 7.84. The molecule has 0 radical (unpaired) electrons. The molecule has 0 saturated heterocycles. The Morgan fingerprint density at radius 2 is 2.00 bits per heavy atom. The van der Waals surface area contributed by atoms with Crippen molar-refractivity contribution in [2.24, 2.45) is 5.92 Å². The Morgan fingerprint density at radius 3 is 2.68 bits per heavy atom. The van der Waals surface area contributed by atoms with Crippen molar-refractivity contribution in [3.05, 3.63) is 47.2 Å². The third kappa shape index (κ3) is 5.07. The smallest absolute Gasteiger partial charge is 0.315 e. The molecule has 1 heterocycles. The van der Waals surface area contributed by atoms with E-state index < -0.39 is 0 Å². The average molecular weight is 321 g/mol. The lowest BCUT2D eigenvalue weighted by atomic mass is 10.1. The standard InChI is InChI=1S/C16H21ClN4O/c1-12(2)7-8-18-16(22)19-9-13-10-20-21(11-13)15-5-3-14(17)4-6-15/h3-6,10-12H,7-9H2,1-2H3,(H2,18,19,22). The second-order valence-electron chi connectivity index (χ2n) is 5.56. The molecule has 0 aliphatic heterocycles. The van der Waals surface area contributed by atoms with E-state index in [1.807, 2.05) is 30.5 Å². The van der Waals surface area contributed by atoms with Gasteiger partial charge in [0.25, 0.3) is 0 Å². The molecule has 0 aliphatic carbocycles. The minimum atomic E-state index is -0.153. The minimum Gasteiger partial charge on any atom is -0.338 e. The Labute approximate surface area is 135 Å². The van der Waals surface area contributed by atoms with Gasteiger partial charge in [-0.1, -0.05) is 25.4 Å². The maximum atomic E-state index is 11.6. The molecule has 118 valence electrons. The summed E-state index contributed by atoms with van der Waals surface area (Å²) in [6, 6.07) is 7.27. The van der Waals surface area contributed by atoms with Crippen LogP contribution in [0, 0.1) is 5.92 Å². The van der Waals surface area contributed by atoms with Gasteiger partial charge in [-0.15, -0.1) is 0 Å². The van der Waals surface area contributed by atoms with Gasteiger partial charge in [-0.05, 0) is 36.6 Å². The normalized spacial score (nSPS) is 10.7. The monoisotopic (exact) mass is 320 g/mol. The number of benzene rings is 1. The van der Waals surface area contributed by atoms with Crippen LogP contribution in [0.5, 0.6) is 0 Å². The lowest BCUT2D eigenvalue weighted by molar-refractivity contribution is 0.240. The molecule has 0 aliphatic rings. The fourth-order valence-electron chi connectivity index (χ4n) is 1.91. The number of urea groups is 1. The first-order chi connectivity index (χ1) is 10.5. The molecule has 2 amide bonds. The van der Waals surface area contributed by atoms with E-state index in [1.165, 1.54) is 0 Å². The Morgan fingerprint density at radius 1 is 1.27 bits per heavy atom. The average Bonchev–Trinajstić information content (AvgIpc) is 2.94. The summed E-state index contributed by atoms with van der Waals surface area (Å²) in [7, 11) is 0. The molecule has 0 unspecified atom stereocenters. The van der Waals surface area contributed by atoms with Crippen molar-refractivity contribution in [3.63, 3.8) is 0 Å². The van der Waals surface area contributed by atoms with Crippen molar-refractivity contribution in [3.8, 4) is 5.69 Å². The summed E-state index contributed by atoms with van der Waals surface area (Å²) >= 11 is 5.87. The Kier molecular flexibility index (Phi) is 5.83. The molecule has 6 heteroatoms. The molecule has 0 spiro atoms. The van der Waals surface area contributed by atoms with Crippen molar-refractivity contribution in [1.82, 2.24) is 20.4 Å². The fraction of sp³-hybridized carbons (Fsp3) is 0.375. The molecule has 2 aromatic rings. The first-order valence-corrected chi connectivity index (χ1v) is 7.73. The molecule has 2 rings (SSSR count). The molecule has 0 saturated carbocycles. The highest BCUT2D eigenvalue weighted by Gasteiger charge is 2.04. The number of halogens is 1. The van der Waals surface area contributed by atoms with E-state index in [2.05, 4.69) is 29.6 Å². The number of carbonyl (C=O) groups excluding carboxylic acids is 1. The van der Waals surface area contributed by atoms with Crippen LogP contribution in [-0.4, -0.2) is 22.4 Å². The van der Waals surface area contributed by atoms with Gasteiger partial charge in [0, 0.05) is 29.9 Å². The Hall–Kier alpha value is -2.01. The predicted molar refractivity (Wildman–Crippen MR) is 88.3 cm³/mol. The number of aromatic nitrogens is 2. The van der Waals surface area contributed by atoms with E-state index >= 15 is 0 Å². The third-order valence-corrected chi connectivity index (χ3v) is 3.44. The van der Waals surface area contributed by atoms with E-state index in [-0.39, 0.29) is 6.03 Å². The molecule has 1 aromatic carbocycles. The number of nitrogens with zero attached hydrogens (tertiary/aromatic N) is 2. The molecule has 0 bridgehead atoms. The zero-order chi connectivity index (χ0) is 15.9. The van der Waals surface area contributed by atoms with E-state index in [0.717, 1.165) is 17.7 Å². The number of hydrogen-bond donors (Lipinski definition) is 2. The summed E-state index contributed by atoms with van der Waals surface area (Å²) in [4.78, 5) is 11.6. The van der Waals surface area contributed by atoms with Gasteiger partial charge in [0.1, 0.15) is 0 Å². The van der Waals surface area contributed by atoms with Gasteiger partial charge >= 0.3 is 6.03 Å². The first kappa shape index (κ1) is 16.4. The summed E-state index contributed by atoms with van der Waals surface area (Å²) in [6.07, 6.45) is 4.60. The predicted octanol–water partition coefficient (Wildman–Crippen LogP) is 3.37. The number of nitrogens with one attached hydrogen (secondary N) is 2. The lowest BCUT2D eigenvalue weighted by Gasteiger charge is -2.08. The first-order valence-electron chi connectivity index (χ1n) is 7.36. The van der Waals surface area contributed by atoms with Crippen LogP contribution in [0.3, 0.4) is 0 Å². The maximum absolute atomic E-state index is 11.6. The van der Waals surface area contributed by atoms with Gasteiger partial charge in [0.15, 0.2) is 0 Å². The van der Waals surface area contributed by atoms with Crippen LogP contribution in [0.25, 0.3) is 5.69 Å². The topological polar surface area (TPSA) is 59.0 Å². The summed E-state index contributed by atoms with van der Waals surface area (Å²) in [5.74, 6) is 0.581. The number of hydrogen-bond acceptors (Lipinski definition) is 2. The van der Waals surface area contributed by atoms with Gasteiger partial charge in [-0.2, -0.15) is 5.10 Å².